The summed E-state index contributed by atoms with van der Waals surface area (Å²) >= 11 is 3.06. The fraction of sp³-hybridized carbons (Fsp3) is 0.500. The van der Waals surface area contributed by atoms with Gasteiger partial charge in [0.05, 0.1) is 4.47 Å². The average Bonchev–Trinajstić information content (AvgIpc) is 2.23. The molecule has 0 bridgehead atoms. The first-order chi connectivity index (χ1) is 7.47. The van der Waals surface area contributed by atoms with Crippen molar-refractivity contribution in [2.75, 3.05) is 6.54 Å². The second-order valence-corrected chi connectivity index (χ2v) is 5.12. The number of nitrogens with two attached hydrogens (primary N) is 1. The maximum atomic E-state index is 13.7. The molecular weight excluding hydrogens is 276 g/mol. The summed E-state index contributed by atoms with van der Waals surface area (Å²) in [6.45, 7) is 4.44. The van der Waals surface area contributed by atoms with Crippen LogP contribution in [0.2, 0.25) is 0 Å². The van der Waals surface area contributed by atoms with Gasteiger partial charge in [-0.05, 0) is 52.9 Å². The number of rotatable bonds is 4. The lowest BCUT2D eigenvalue weighted by Gasteiger charge is -2.19. The van der Waals surface area contributed by atoms with Crippen molar-refractivity contribution < 1.29 is 8.78 Å². The molecule has 0 aliphatic rings. The summed E-state index contributed by atoms with van der Waals surface area (Å²) in [5, 5.41) is 0. The van der Waals surface area contributed by atoms with E-state index in [-0.39, 0.29) is 11.5 Å². The second-order valence-electron chi connectivity index (χ2n) is 4.27. The molecule has 1 aromatic rings. The Kier molecular flexibility index (Phi) is 4.87. The van der Waals surface area contributed by atoms with Gasteiger partial charge in [0.2, 0.25) is 0 Å². The highest BCUT2D eigenvalue weighted by atomic mass is 79.9. The third-order valence-electron chi connectivity index (χ3n) is 2.85. The lowest BCUT2D eigenvalue weighted by Crippen LogP contribution is -2.23. The number of hydrogen-bond donors (Lipinski definition) is 1. The van der Waals surface area contributed by atoms with Crippen molar-refractivity contribution in [2.24, 2.45) is 17.6 Å². The molecule has 0 aliphatic carbocycles. The van der Waals surface area contributed by atoms with Crippen LogP contribution in [0.25, 0.3) is 0 Å². The minimum atomic E-state index is -0.515. The van der Waals surface area contributed by atoms with Gasteiger partial charge >= 0.3 is 0 Å². The van der Waals surface area contributed by atoms with Gasteiger partial charge in [0.1, 0.15) is 11.6 Å². The number of halogens is 3. The Morgan fingerprint density at radius 2 is 1.94 bits per heavy atom. The van der Waals surface area contributed by atoms with E-state index in [1.807, 2.05) is 13.8 Å². The van der Waals surface area contributed by atoms with Crippen molar-refractivity contribution in [1.29, 1.82) is 0 Å². The summed E-state index contributed by atoms with van der Waals surface area (Å²) in [6, 6.07) is 2.65. The molecular formula is C12H16BrF2N. The van der Waals surface area contributed by atoms with Crippen molar-refractivity contribution in [3.05, 3.63) is 33.8 Å². The van der Waals surface area contributed by atoms with Gasteiger partial charge in [-0.25, -0.2) is 8.78 Å². The minimum Gasteiger partial charge on any atom is -0.330 e. The van der Waals surface area contributed by atoms with E-state index in [0.29, 0.717) is 23.4 Å². The van der Waals surface area contributed by atoms with Crippen molar-refractivity contribution in [3.8, 4) is 0 Å². The van der Waals surface area contributed by atoms with Gasteiger partial charge in [-0.15, -0.1) is 0 Å². The van der Waals surface area contributed by atoms with Crippen LogP contribution in [-0.2, 0) is 6.42 Å². The van der Waals surface area contributed by atoms with Crippen LogP contribution < -0.4 is 5.73 Å². The fourth-order valence-electron chi connectivity index (χ4n) is 1.61. The monoisotopic (exact) mass is 291 g/mol. The van der Waals surface area contributed by atoms with E-state index in [2.05, 4.69) is 15.9 Å². The van der Waals surface area contributed by atoms with E-state index in [0.717, 1.165) is 0 Å². The first-order valence-corrected chi connectivity index (χ1v) is 6.09. The Hall–Kier alpha value is -0.480. The van der Waals surface area contributed by atoms with Gasteiger partial charge in [0.25, 0.3) is 0 Å². The molecule has 2 N–H and O–H groups in total. The summed E-state index contributed by atoms with van der Waals surface area (Å²) in [7, 11) is 0. The van der Waals surface area contributed by atoms with E-state index in [1.54, 1.807) is 0 Å². The fourth-order valence-corrected chi connectivity index (χ4v) is 1.98. The normalized spacial score (nSPS) is 13.2. The van der Waals surface area contributed by atoms with Crippen LogP contribution in [0.5, 0.6) is 0 Å². The van der Waals surface area contributed by atoms with E-state index in [9.17, 15) is 8.78 Å². The Morgan fingerprint density at radius 3 is 2.44 bits per heavy atom. The molecule has 90 valence electrons. The SMILES string of the molecule is CC(C)C(CN)Cc1c(F)ccc(Br)c1F. The molecule has 0 heterocycles. The Labute approximate surface area is 103 Å². The summed E-state index contributed by atoms with van der Waals surface area (Å²) in [6.07, 6.45) is 0.339. The van der Waals surface area contributed by atoms with Crippen LogP contribution >= 0.6 is 15.9 Å². The molecule has 0 aliphatic heterocycles. The van der Waals surface area contributed by atoms with E-state index in [4.69, 9.17) is 5.73 Å². The van der Waals surface area contributed by atoms with E-state index >= 15 is 0 Å². The molecule has 1 atom stereocenters. The standard InChI is InChI=1S/C12H16BrF2N/c1-7(2)8(6-16)5-9-11(14)4-3-10(13)12(9)15/h3-4,7-8H,5-6,16H2,1-2H3. The molecule has 1 nitrogen and oxygen atoms in total. The van der Waals surface area contributed by atoms with Crippen molar-refractivity contribution in [1.82, 2.24) is 0 Å². The lowest BCUT2D eigenvalue weighted by atomic mass is 9.89. The molecule has 0 radical (unpaired) electrons. The highest BCUT2D eigenvalue weighted by molar-refractivity contribution is 9.10. The zero-order chi connectivity index (χ0) is 12.3. The molecule has 0 fully saturated rings. The molecule has 1 unspecified atom stereocenters. The molecule has 4 heteroatoms. The van der Waals surface area contributed by atoms with Crippen LogP contribution in [0.3, 0.4) is 0 Å². The summed E-state index contributed by atoms with van der Waals surface area (Å²) in [5.41, 5.74) is 5.73. The van der Waals surface area contributed by atoms with Crippen LogP contribution in [0.1, 0.15) is 19.4 Å². The molecule has 0 spiro atoms. The molecule has 1 rings (SSSR count). The van der Waals surface area contributed by atoms with Gasteiger partial charge in [0.15, 0.2) is 0 Å². The van der Waals surface area contributed by atoms with Crippen LogP contribution in [0.15, 0.2) is 16.6 Å². The zero-order valence-corrected chi connectivity index (χ0v) is 11.0. The second kappa shape index (κ2) is 5.73. The Balaban J connectivity index is 3.00. The molecule has 0 saturated carbocycles. The van der Waals surface area contributed by atoms with Gasteiger partial charge in [-0.1, -0.05) is 13.8 Å². The third kappa shape index (κ3) is 3.01. The summed E-state index contributed by atoms with van der Waals surface area (Å²) < 4.78 is 27.5. The Bertz CT molecular complexity index is 366. The predicted octanol–water partition coefficient (Wildman–Crippen LogP) is 3.50. The van der Waals surface area contributed by atoms with Crippen molar-refractivity contribution in [2.45, 2.75) is 20.3 Å². The van der Waals surface area contributed by atoms with Gasteiger partial charge in [-0.2, -0.15) is 0 Å². The smallest absolute Gasteiger partial charge is 0.143 e. The van der Waals surface area contributed by atoms with Gasteiger partial charge < -0.3 is 5.73 Å². The Morgan fingerprint density at radius 1 is 1.31 bits per heavy atom. The van der Waals surface area contributed by atoms with Crippen molar-refractivity contribution >= 4 is 15.9 Å². The molecule has 0 saturated heterocycles. The molecule has 0 aromatic heterocycles. The quantitative estimate of drug-likeness (QED) is 0.844. The highest BCUT2D eigenvalue weighted by Crippen LogP contribution is 2.25. The summed E-state index contributed by atoms with van der Waals surface area (Å²) in [5.74, 6) is -0.611. The van der Waals surface area contributed by atoms with Crippen LogP contribution in [0, 0.1) is 23.5 Å². The van der Waals surface area contributed by atoms with E-state index < -0.39 is 11.6 Å². The highest BCUT2D eigenvalue weighted by Gasteiger charge is 2.19. The van der Waals surface area contributed by atoms with E-state index in [1.165, 1.54) is 12.1 Å². The topological polar surface area (TPSA) is 26.0 Å². The molecule has 0 amide bonds. The number of hydrogen-bond acceptors (Lipinski definition) is 1. The van der Waals surface area contributed by atoms with Crippen molar-refractivity contribution in [3.63, 3.8) is 0 Å². The first kappa shape index (κ1) is 13.6. The largest absolute Gasteiger partial charge is 0.330 e. The zero-order valence-electron chi connectivity index (χ0n) is 9.43. The maximum absolute atomic E-state index is 13.7. The predicted molar refractivity (Wildman–Crippen MR) is 65.1 cm³/mol. The maximum Gasteiger partial charge on any atom is 0.143 e. The first-order valence-electron chi connectivity index (χ1n) is 5.29. The van der Waals surface area contributed by atoms with Crippen LogP contribution in [-0.4, -0.2) is 6.54 Å². The summed E-state index contributed by atoms with van der Waals surface area (Å²) in [4.78, 5) is 0. The lowest BCUT2D eigenvalue weighted by molar-refractivity contribution is 0.379. The average molecular weight is 292 g/mol. The molecule has 1 aromatic carbocycles. The third-order valence-corrected chi connectivity index (χ3v) is 3.46. The number of benzene rings is 1. The van der Waals surface area contributed by atoms with Gasteiger partial charge in [0, 0.05) is 5.56 Å². The molecule has 16 heavy (non-hydrogen) atoms. The van der Waals surface area contributed by atoms with Gasteiger partial charge in [-0.3, -0.25) is 0 Å². The van der Waals surface area contributed by atoms with Crippen LogP contribution in [0.4, 0.5) is 8.78 Å². The minimum absolute atomic E-state index is 0.0956.